The van der Waals surface area contributed by atoms with Gasteiger partial charge in [0.25, 0.3) is 0 Å². The minimum absolute atomic E-state index is 0.0861. The lowest BCUT2D eigenvalue weighted by Gasteiger charge is -2.24. The van der Waals surface area contributed by atoms with Crippen molar-refractivity contribution in [1.82, 2.24) is 9.62 Å². The van der Waals surface area contributed by atoms with Gasteiger partial charge in [-0.25, -0.2) is 8.42 Å². The van der Waals surface area contributed by atoms with Gasteiger partial charge in [0.1, 0.15) is 0 Å². The molecular weight excluding hydrogens is 252 g/mol. The Labute approximate surface area is 110 Å². The van der Waals surface area contributed by atoms with Crippen LogP contribution in [0.2, 0.25) is 0 Å². The van der Waals surface area contributed by atoms with E-state index in [1.807, 2.05) is 13.8 Å². The zero-order chi connectivity index (χ0) is 13.2. The Morgan fingerprint density at radius 2 is 2.17 bits per heavy atom. The fraction of sp³-hybridized carbons (Fsp3) is 1.00. The molecule has 1 N–H and O–H groups in total. The molecule has 0 bridgehead atoms. The molecule has 0 unspecified atom stereocenters. The van der Waals surface area contributed by atoms with Gasteiger partial charge in [-0.05, 0) is 39.2 Å². The number of rotatable bonds is 5. The van der Waals surface area contributed by atoms with E-state index in [9.17, 15) is 8.42 Å². The van der Waals surface area contributed by atoms with Crippen LogP contribution in [0.1, 0.15) is 26.7 Å². The number of nitrogens with one attached hydrogen (secondary N) is 1. The lowest BCUT2D eigenvalue weighted by Crippen LogP contribution is -2.41. The Hall–Kier alpha value is -0.170. The van der Waals surface area contributed by atoms with Crippen molar-refractivity contribution in [3.05, 3.63) is 0 Å². The number of fused-ring (bicyclic) bond motifs is 1. The Morgan fingerprint density at radius 1 is 1.39 bits per heavy atom. The third-order valence-corrected chi connectivity index (χ3v) is 5.52. The van der Waals surface area contributed by atoms with Gasteiger partial charge in [-0.15, -0.1) is 0 Å². The van der Waals surface area contributed by atoms with Crippen LogP contribution in [0.15, 0.2) is 0 Å². The quantitative estimate of drug-likeness (QED) is 0.791. The topological polar surface area (TPSA) is 58.6 Å². The summed E-state index contributed by atoms with van der Waals surface area (Å²) in [6.45, 7) is 6.46. The van der Waals surface area contributed by atoms with Gasteiger partial charge in [-0.1, -0.05) is 0 Å². The molecule has 0 aromatic carbocycles. The zero-order valence-electron chi connectivity index (χ0n) is 11.3. The minimum Gasteiger partial charge on any atom is -0.378 e. The molecule has 0 saturated carbocycles. The Kier molecular flexibility index (Phi) is 4.64. The van der Waals surface area contributed by atoms with Crippen molar-refractivity contribution in [3.63, 3.8) is 0 Å². The molecule has 0 aromatic heterocycles. The number of piperidine rings is 1. The summed E-state index contributed by atoms with van der Waals surface area (Å²) in [5, 5.41) is 3.42. The first-order valence-corrected chi connectivity index (χ1v) is 8.43. The maximum absolute atomic E-state index is 12.2. The van der Waals surface area contributed by atoms with Gasteiger partial charge in [-0.2, -0.15) is 4.31 Å². The summed E-state index contributed by atoms with van der Waals surface area (Å²) in [4.78, 5) is 0. The number of hydrogen-bond acceptors (Lipinski definition) is 4. The molecule has 106 valence electrons. The van der Waals surface area contributed by atoms with Crippen LogP contribution < -0.4 is 5.32 Å². The molecule has 2 saturated heterocycles. The van der Waals surface area contributed by atoms with Gasteiger partial charge in [-0.3, -0.25) is 0 Å². The Morgan fingerprint density at radius 3 is 2.83 bits per heavy atom. The third-order valence-electron chi connectivity index (χ3n) is 3.75. The lowest BCUT2D eigenvalue weighted by molar-refractivity contribution is 0.0907. The van der Waals surface area contributed by atoms with E-state index >= 15 is 0 Å². The van der Waals surface area contributed by atoms with Crippen molar-refractivity contribution < 1.29 is 13.2 Å². The van der Waals surface area contributed by atoms with Crippen molar-refractivity contribution >= 4 is 10.0 Å². The molecule has 0 aromatic rings. The van der Waals surface area contributed by atoms with E-state index in [1.165, 1.54) is 0 Å². The summed E-state index contributed by atoms with van der Waals surface area (Å²) < 4.78 is 31.3. The van der Waals surface area contributed by atoms with Gasteiger partial charge in [0.05, 0.1) is 18.5 Å². The third kappa shape index (κ3) is 3.44. The molecule has 0 aliphatic carbocycles. The lowest BCUT2D eigenvalue weighted by atomic mass is 9.94. The van der Waals surface area contributed by atoms with Crippen LogP contribution in [-0.2, 0) is 14.8 Å². The molecule has 2 aliphatic heterocycles. The normalized spacial score (nSPS) is 29.7. The van der Waals surface area contributed by atoms with Crippen molar-refractivity contribution in [1.29, 1.82) is 0 Å². The first kappa shape index (κ1) is 14.2. The van der Waals surface area contributed by atoms with E-state index in [0.717, 1.165) is 19.4 Å². The van der Waals surface area contributed by atoms with Gasteiger partial charge in [0, 0.05) is 19.1 Å². The number of nitrogens with zero attached hydrogens (tertiary/aromatic N) is 1. The van der Waals surface area contributed by atoms with E-state index in [1.54, 1.807) is 4.31 Å². The maximum atomic E-state index is 12.2. The predicted octanol–water partition coefficient (Wildman–Crippen LogP) is 0.425. The molecular formula is C12H24N2O3S. The van der Waals surface area contributed by atoms with E-state index in [-0.39, 0.29) is 11.9 Å². The van der Waals surface area contributed by atoms with Gasteiger partial charge < -0.3 is 10.1 Å². The van der Waals surface area contributed by atoms with Crippen molar-refractivity contribution in [3.8, 4) is 0 Å². The molecule has 2 atom stereocenters. The molecule has 2 fully saturated rings. The van der Waals surface area contributed by atoms with E-state index in [0.29, 0.717) is 31.7 Å². The highest BCUT2D eigenvalue weighted by atomic mass is 32.2. The number of ether oxygens (including phenoxy) is 1. The van der Waals surface area contributed by atoms with Crippen molar-refractivity contribution in [2.75, 3.05) is 32.0 Å². The first-order chi connectivity index (χ1) is 8.49. The second-order valence-electron chi connectivity index (χ2n) is 5.52. The number of sulfonamides is 1. The second kappa shape index (κ2) is 5.86. The molecule has 2 aliphatic rings. The fourth-order valence-electron chi connectivity index (χ4n) is 2.75. The van der Waals surface area contributed by atoms with Gasteiger partial charge in [0.2, 0.25) is 10.0 Å². The monoisotopic (exact) mass is 276 g/mol. The second-order valence-corrected chi connectivity index (χ2v) is 7.60. The van der Waals surface area contributed by atoms with Crippen LogP contribution in [0.5, 0.6) is 0 Å². The Balaban J connectivity index is 1.87. The standard InChI is InChI=1S/C12H24N2O3S/c1-10(2)17-6-7-18(15,16)14-8-11-4-3-5-13-12(11)9-14/h10-13H,3-9H2,1-2H3/t11-,12+/m0/s1. The number of hydrogen-bond donors (Lipinski definition) is 1. The first-order valence-electron chi connectivity index (χ1n) is 6.82. The van der Waals surface area contributed by atoms with Crippen LogP contribution >= 0.6 is 0 Å². The van der Waals surface area contributed by atoms with Gasteiger partial charge >= 0.3 is 0 Å². The van der Waals surface area contributed by atoms with Crippen molar-refractivity contribution in [2.24, 2.45) is 5.92 Å². The summed E-state index contributed by atoms with van der Waals surface area (Å²) in [6.07, 6.45) is 2.39. The zero-order valence-corrected chi connectivity index (χ0v) is 12.1. The molecule has 0 radical (unpaired) electrons. The molecule has 2 heterocycles. The summed E-state index contributed by atoms with van der Waals surface area (Å²) in [5.74, 6) is 0.601. The minimum atomic E-state index is -3.15. The van der Waals surface area contributed by atoms with E-state index in [4.69, 9.17) is 4.74 Å². The van der Waals surface area contributed by atoms with E-state index in [2.05, 4.69) is 5.32 Å². The van der Waals surface area contributed by atoms with Crippen LogP contribution in [0.25, 0.3) is 0 Å². The fourth-order valence-corrected chi connectivity index (χ4v) is 4.12. The SMILES string of the molecule is CC(C)OCCS(=O)(=O)N1C[C@@H]2CCCN[C@@H]2C1. The van der Waals surface area contributed by atoms with Gasteiger partial charge in [0.15, 0.2) is 0 Å². The highest BCUT2D eigenvalue weighted by molar-refractivity contribution is 7.89. The van der Waals surface area contributed by atoms with Crippen LogP contribution in [-0.4, -0.2) is 56.9 Å². The van der Waals surface area contributed by atoms with Crippen LogP contribution in [0.4, 0.5) is 0 Å². The van der Waals surface area contributed by atoms with Crippen molar-refractivity contribution in [2.45, 2.75) is 38.8 Å². The summed E-state index contributed by atoms with van der Waals surface area (Å²) in [6, 6.07) is 0.361. The maximum Gasteiger partial charge on any atom is 0.216 e. The summed E-state index contributed by atoms with van der Waals surface area (Å²) in [7, 11) is -3.15. The van der Waals surface area contributed by atoms with Crippen LogP contribution in [0.3, 0.4) is 0 Å². The summed E-state index contributed by atoms with van der Waals surface area (Å²) >= 11 is 0. The molecule has 0 spiro atoms. The largest absolute Gasteiger partial charge is 0.378 e. The molecule has 0 amide bonds. The molecule has 6 heteroatoms. The summed E-state index contributed by atoms with van der Waals surface area (Å²) in [5.41, 5.74) is 0. The molecule has 5 nitrogen and oxygen atoms in total. The van der Waals surface area contributed by atoms with Crippen LogP contribution in [0, 0.1) is 5.92 Å². The average Bonchev–Trinajstić information content (AvgIpc) is 2.72. The molecule has 18 heavy (non-hydrogen) atoms. The molecule has 2 rings (SSSR count). The smallest absolute Gasteiger partial charge is 0.216 e. The average molecular weight is 276 g/mol. The predicted molar refractivity (Wildman–Crippen MR) is 71.0 cm³/mol. The van der Waals surface area contributed by atoms with E-state index < -0.39 is 10.0 Å². The Bertz CT molecular complexity index is 356. The highest BCUT2D eigenvalue weighted by Gasteiger charge is 2.39. The highest BCUT2D eigenvalue weighted by Crippen LogP contribution is 2.26.